The predicted molar refractivity (Wildman–Crippen MR) is 147 cm³/mol. The fourth-order valence-electron chi connectivity index (χ4n) is 5.33. The van der Waals surface area contributed by atoms with Crippen LogP contribution in [0.15, 0.2) is 78.9 Å². The van der Waals surface area contributed by atoms with E-state index in [1.54, 1.807) is 0 Å². The molecule has 2 aromatic heterocycles. The van der Waals surface area contributed by atoms with Gasteiger partial charge in [-0.3, -0.25) is 4.79 Å². The van der Waals surface area contributed by atoms with Gasteiger partial charge in [-0.15, -0.1) is 10.2 Å². The number of carbonyl (C=O) groups is 1. The van der Waals surface area contributed by atoms with Crippen molar-refractivity contribution in [2.75, 3.05) is 31.1 Å². The van der Waals surface area contributed by atoms with Crippen LogP contribution in [0.4, 0.5) is 5.95 Å². The van der Waals surface area contributed by atoms with Crippen molar-refractivity contribution in [2.24, 2.45) is 0 Å². The number of hydrogen-bond donors (Lipinski definition) is 0. The minimum atomic E-state index is -0.107. The quantitative estimate of drug-likeness (QED) is 0.343. The summed E-state index contributed by atoms with van der Waals surface area (Å²) >= 11 is 0. The van der Waals surface area contributed by atoms with Crippen LogP contribution in [0.3, 0.4) is 0 Å². The van der Waals surface area contributed by atoms with Crippen molar-refractivity contribution in [2.45, 2.75) is 26.2 Å². The van der Waals surface area contributed by atoms with Gasteiger partial charge in [0, 0.05) is 37.1 Å². The largest absolute Gasteiger partial charge is 0.339 e. The predicted octanol–water partition coefficient (Wildman–Crippen LogP) is 5.10. The number of rotatable bonds is 5. The van der Waals surface area contributed by atoms with Gasteiger partial charge in [-0.1, -0.05) is 73.2 Å². The summed E-state index contributed by atoms with van der Waals surface area (Å²) in [5, 5.41) is 10.2. The van der Waals surface area contributed by atoms with Gasteiger partial charge in [-0.2, -0.15) is 0 Å². The van der Waals surface area contributed by atoms with Crippen molar-refractivity contribution >= 4 is 28.4 Å². The van der Waals surface area contributed by atoms with Gasteiger partial charge in [0.1, 0.15) is 0 Å². The van der Waals surface area contributed by atoms with E-state index >= 15 is 0 Å². The molecule has 1 fully saturated rings. The van der Waals surface area contributed by atoms with E-state index in [1.807, 2.05) is 53.4 Å². The lowest BCUT2D eigenvalue weighted by Gasteiger charge is -2.37. The summed E-state index contributed by atoms with van der Waals surface area (Å²) in [6.07, 6.45) is 0.788. The molecule has 0 N–H and O–H groups in total. The fourth-order valence-corrected chi connectivity index (χ4v) is 5.33. The number of benzene rings is 3. The lowest BCUT2D eigenvalue weighted by atomic mass is 9.95. The third-order valence-electron chi connectivity index (χ3n) is 7.29. The number of carbonyl (C=O) groups excluding carboxylic acids is 1. The fraction of sp³-hybridized carbons (Fsp3) is 0.267. The summed E-state index contributed by atoms with van der Waals surface area (Å²) in [5.74, 6) is 1.69. The average Bonchev–Trinajstić information content (AvgIpc) is 3.39. The third kappa shape index (κ3) is 4.20. The molecule has 1 aliphatic heterocycles. The van der Waals surface area contributed by atoms with E-state index in [4.69, 9.17) is 4.98 Å². The third-order valence-corrected chi connectivity index (χ3v) is 7.29. The summed E-state index contributed by atoms with van der Waals surface area (Å²) in [6, 6.07) is 26.5. The van der Waals surface area contributed by atoms with Crippen molar-refractivity contribution in [3.63, 3.8) is 0 Å². The van der Waals surface area contributed by atoms with Crippen LogP contribution in [-0.4, -0.2) is 56.6 Å². The van der Waals surface area contributed by atoms with Gasteiger partial charge in [-0.05, 0) is 37.1 Å². The van der Waals surface area contributed by atoms with Gasteiger partial charge in [0.15, 0.2) is 11.5 Å². The zero-order valence-corrected chi connectivity index (χ0v) is 21.2. The Kier molecular flexibility index (Phi) is 6.04. The number of piperazine rings is 1. The first-order valence-electron chi connectivity index (χ1n) is 12.9. The van der Waals surface area contributed by atoms with E-state index < -0.39 is 0 Å². The van der Waals surface area contributed by atoms with Gasteiger partial charge < -0.3 is 9.80 Å². The number of amides is 1. The van der Waals surface area contributed by atoms with Gasteiger partial charge in [0.05, 0.1) is 11.4 Å². The molecule has 186 valence electrons. The van der Waals surface area contributed by atoms with Crippen molar-refractivity contribution in [1.82, 2.24) is 24.5 Å². The first-order chi connectivity index (χ1) is 18.1. The number of aryl methyl sites for hydroxylation is 1. The maximum absolute atomic E-state index is 13.5. The molecule has 0 aliphatic carbocycles. The number of hydrogen-bond acceptors (Lipinski definition) is 5. The van der Waals surface area contributed by atoms with Crippen LogP contribution in [0.25, 0.3) is 27.9 Å². The highest BCUT2D eigenvalue weighted by atomic mass is 16.2. The van der Waals surface area contributed by atoms with Crippen LogP contribution in [0.5, 0.6) is 0 Å². The molecule has 37 heavy (non-hydrogen) atoms. The summed E-state index contributed by atoms with van der Waals surface area (Å²) in [6.45, 7) is 6.86. The van der Waals surface area contributed by atoms with Crippen molar-refractivity contribution in [1.29, 1.82) is 0 Å². The van der Waals surface area contributed by atoms with Crippen molar-refractivity contribution in [3.8, 4) is 11.4 Å². The molecule has 1 atom stereocenters. The lowest BCUT2D eigenvalue weighted by molar-refractivity contribution is -0.133. The van der Waals surface area contributed by atoms with Crippen molar-refractivity contribution in [3.05, 3.63) is 90.0 Å². The summed E-state index contributed by atoms with van der Waals surface area (Å²) in [4.78, 5) is 22.8. The molecular formula is C30H30N6O. The Morgan fingerprint density at radius 2 is 1.65 bits per heavy atom. The highest BCUT2D eigenvalue weighted by molar-refractivity contribution is 5.93. The molecule has 0 radical (unpaired) electrons. The zero-order valence-electron chi connectivity index (χ0n) is 21.2. The molecular weight excluding hydrogens is 460 g/mol. The summed E-state index contributed by atoms with van der Waals surface area (Å²) < 4.78 is 2.08. The topological polar surface area (TPSA) is 66.6 Å². The number of fused-ring (bicyclic) bond motifs is 3. The molecule has 0 unspecified atom stereocenters. The van der Waals surface area contributed by atoms with Gasteiger partial charge >= 0.3 is 0 Å². The Hall–Kier alpha value is -4.26. The highest BCUT2D eigenvalue weighted by Gasteiger charge is 2.29. The molecule has 7 heteroatoms. The van der Waals surface area contributed by atoms with Crippen LogP contribution >= 0.6 is 0 Å². The smallest absolute Gasteiger partial charge is 0.230 e. The SMILES string of the molecule is CC[C@H](C(=O)N1CCN(c2nc3ccccc3c3nnc(-c4cccc(C)c4)n23)CC1)c1ccccc1. The van der Waals surface area contributed by atoms with E-state index in [0.717, 1.165) is 45.9 Å². The van der Waals surface area contributed by atoms with Gasteiger partial charge in [-0.25, -0.2) is 9.38 Å². The van der Waals surface area contributed by atoms with Gasteiger partial charge in [0.2, 0.25) is 11.9 Å². The number of aromatic nitrogens is 4. The second-order valence-electron chi connectivity index (χ2n) is 9.66. The van der Waals surface area contributed by atoms with Crippen LogP contribution < -0.4 is 4.90 Å². The molecule has 7 nitrogen and oxygen atoms in total. The van der Waals surface area contributed by atoms with Crippen LogP contribution in [0, 0.1) is 6.92 Å². The molecule has 0 bridgehead atoms. The Labute approximate surface area is 216 Å². The van der Waals surface area contributed by atoms with Crippen LogP contribution in [-0.2, 0) is 4.79 Å². The molecule has 5 aromatic rings. The van der Waals surface area contributed by atoms with Gasteiger partial charge in [0.25, 0.3) is 0 Å². The van der Waals surface area contributed by atoms with E-state index in [-0.39, 0.29) is 11.8 Å². The molecule has 0 saturated carbocycles. The number of para-hydroxylation sites is 1. The highest BCUT2D eigenvalue weighted by Crippen LogP contribution is 2.30. The van der Waals surface area contributed by atoms with E-state index in [1.165, 1.54) is 5.56 Å². The summed E-state index contributed by atoms with van der Waals surface area (Å²) in [5.41, 5.74) is 4.95. The molecule has 1 aliphatic rings. The minimum absolute atomic E-state index is 0.107. The molecule has 0 spiro atoms. The minimum Gasteiger partial charge on any atom is -0.339 e. The Morgan fingerprint density at radius 1 is 0.892 bits per heavy atom. The maximum atomic E-state index is 13.5. The molecule has 1 saturated heterocycles. The number of nitrogens with zero attached hydrogens (tertiary/aromatic N) is 6. The normalized spacial score (nSPS) is 14.9. The molecule has 3 aromatic carbocycles. The first kappa shape index (κ1) is 23.2. The second kappa shape index (κ2) is 9.65. The average molecular weight is 491 g/mol. The Bertz CT molecular complexity index is 1570. The van der Waals surface area contributed by atoms with Crippen LogP contribution in [0.1, 0.15) is 30.4 Å². The Morgan fingerprint density at radius 3 is 2.41 bits per heavy atom. The van der Waals surface area contributed by atoms with E-state index in [2.05, 4.69) is 63.7 Å². The lowest BCUT2D eigenvalue weighted by Crippen LogP contribution is -2.50. The zero-order chi connectivity index (χ0) is 25.4. The standard InChI is InChI=1S/C30H30N6O/c1-3-24(22-11-5-4-6-12-22)29(37)34-16-18-35(19-17-34)30-31-26-15-8-7-14-25(26)28-33-32-27(36(28)30)23-13-9-10-21(2)20-23/h4-15,20,24H,3,16-19H2,1-2H3/t24-/m0/s1. The first-order valence-corrected chi connectivity index (χ1v) is 12.9. The monoisotopic (exact) mass is 490 g/mol. The maximum Gasteiger partial charge on any atom is 0.230 e. The van der Waals surface area contributed by atoms with E-state index in [9.17, 15) is 4.79 Å². The number of anilines is 1. The molecule has 1 amide bonds. The van der Waals surface area contributed by atoms with Crippen LogP contribution in [0.2, 0.25) is 0 Å². The Balaban J connectivity index is 1.34. The molecule has 6 rings (SSSR count). The van der Waals surface area contributed by atoms with Crippen molar-refractivity contribution < 1.29 is 4.79 Å². The summed E-state index contributed by atoms with van der Waals surface area (Å²) in [7, 11) is 0. The van der Waals surface area contributed by atoms with E-state index in [0.29, 0.717) is 26.2 Å². The molecule has 3 heterocycles. The second-order valence-corrected chi connectivity index (χ2v) is 9.66.